The number of esters is 2. The smallest absolute Gasteiger partial charge is 0.355 e. The van der Waals surface area contributed by atoms with Gasteiger partial charge in [0.1, 0.15) is 11.5 Å². The van der Waals surface area contributed by atoms with Crippen LogP contribution < -0.4 is 10.6 Å². The standard InChI is InChI=1S/C23H21N3O4/c1-14-8-7-11-16(12-14)26-20(23(28)30-3)19(22(27)29-2)18(17(13-24)21(26)25)15-9-5-4-6-10-15/h4-12,18H,25H2,1-3H3. The number of hydrogen-bond acceptors (Lipinski definition) is 7. The molecule has 3 rings (SSSR count). The zero-order valence-corrected chi connectivity index (χ0v) is 16.9. The monoisotopic (exact) mass is 403 g/mol. The first-order chi connectivity index (χ1) is 14.4. The van der Waals surface area contributed by atoms with E-state index in [2.05, 4.69) is 6.07 Å². The Hall–Kier alpha value is -4.05. The Kier molecular flexibility index (Phi) is 5.88. The van der Waals surface area contributed by atoms with E-state index in [0.29, 0.717) is 11.3 Å². The minimum Gasteiger partial charge on any atom is -0.466 e. The van der Waals surface area contributed by atoms with Crippen LogP contribution in [0.1, 0.15) is 17.0 Å². The van der Waals surface area contributed by atoms with Gasteiger partial charge in [-0.25, -0.2) is 9.59 Å². The average Bonchev–Trinajstić information content (AvgIpc) is 2.77. The number of carbonyl (C=O) groups excluding carboxylic acids is 2. The molecular weight excluding hydrogens is 382 g/mol. The van der Waals surface area contributed by atoms with Crippen LogP contribution in [0.4, 0.5) is 5.69 Å². The molecule has 0 saturated carbocycles. The maximum absolute atomic E-state index is 12.9. The van der Waals surface area contributed by atoms with Crippen LogP contribution in [0.2, 0.25) is 0 Å². The SMILES string of the molecule is COC(=O)C1=C(C(=O)OC)N(c2cccc(C)c2)C(N)=C(C#N)C1c1ccccc1. The summed E-state index contributed by atoms with van der Waals surface area (Å²) in [5, 5.41) is 9.96. The summed E-state index contributed by atoms with van der Waals surface area (Å²) in [6, 6.07) is 18.2. The Morgan fingerprint density at radius 2 is 1.70 bits per heavy atom. The van der Waals surface area contributed by atoms with Crippen LogP contribution in [0, 0.1) is 18.3 Å². The van der Waals surface area contributed by atoms with Crippen molar-refractivity contribution in [2.45, 2.75) is 12.8 Å². The first kappa shape index (κ1) is 20.7. The zero-order chi connectivity index (χ0) is 21.8. The van der Waals surface area contributed by atoms with Gasteiger partial charge in [-0.15, -0.1) is 0 Å². The Morgan fingerprint density at radius 3 is 2.27 bits per heavy atom. The summed E-state index contributed by atoms with van der Waals surface area (Å²) in [5.74, 6) is -2.34. The zero-order valence-electron chi connectivity index (χ0n) is 16.9. The van der Waals surface area contributed by atoms with Gasteiger partial charge in [0.25, 0.3) is 0 Å². The largest absolute Gasteiger partial charge is 0.466 e. The van der Waals surface area contributed by atoms with Crippen LogP contribution in [0.5, 0.6) is 0 Å². The van der Waals surface area contributed by atoms with Crippen LogP contribution in [0.25, 0.3) is 0 Å². The van der Waals surface area contributed by atoms with Crippen molar-refractivity contribution in [1.29, 1.82) is 5.26 Å². The second-order valence-corrected chi connectivity index (χ2v) is 6.67. The molecule has 0 aromatic heterocycles. The molecule has 152 valence electrons. The number of aryl methyl sites for hydroxylation is 1. The van der Waals surface area contributed by atoms with Crippen molar-refractivity contribution in [1.82, 2.24) is 0 Å². The molecule has 0 amide bonds. The highest BCUT2D eigenvalue weighted by atomic mass is 16.5. The molecule has 0 bridgehead atoms. The van der Waals surface area contributed by atoms with E-state index in [9.17, 15) is 14.9 Å². The van der Waals surface area contributed by atoms with Crippen molar-refractivity contribution >= 4 is 17.6 Å². The molecular formula is C23H21N3O4. The summed E-state index contributed by atoms with van der Waals surface area (Å²) in [6.07, 6.45) is 0. The van der Waals surface area contributed by atoms with Crippen molar-refractivity contribution < 1.29 is 19.1 Å². The second kappa shape index (κ2) is 8.53. The fourth-order valence-electron chi connectivity index (χ4n) is 3.55. The maximum Gasteiger partial charge on any atom is 0.355 e. The number of benzene rings is 2. The number of nitriles is 1. The molecule has 2 aromatic rings. The lowest BCUT2D eigenvalue weighted by Crippen LogP contribution is -2.40. The van der Waals surface area contributed by atoms with Crippen LogP contribution in [-0.4, -0.2) is 26.2 Å². The number of methoxy groups -OCH3 is 2. The third-order valence-corrected chi connectivity index (χ3v) is 4.87. The predicted molar refractivity (Wildman–Crippen MR) is 111 cm³/mol. The number of ether oxygens (including phenoxy) is 2. The van der Waals surface area contributed by atoms with Crippen molar-refractivity contribution in [3.8, 4) is 6.07 Å². The minimum absolute atomic E-state index is 0.0113. The molecule has 7 nitrogen and oxygen atoms in total. The highest BCUT2D eigenvalue weighted by molar-refractivity contribution is 6.06. The summed E-state index contributed by atoms with van der Waals surface area (Å²) in [7, 11) is 2.44. The summed E-state index contributed by atoms with van der Waals surface area (Å²) in [6.45, 7) is 1.88. The minimum atomic E-state index is -0.876. The summed E-state index contributed by atoms with van der Waals surface area (Å²) in [4.78, 5) is 27.2. The van der Waals surface area contributed by atoms with Crippen LogP contribution in [0.3, 0.4) is 0 Å². The number of nitrogens with two attached hydrogens (primary N) is 1. The molecule has 0 saturated heterocycles. The van der Waals surface area contributed by atoms with Gasteiger partial charge in [-0.1, -0.05) is 42.5 Å². The summed E-state index contributed by atoms with van der Waals surface area (Å²) >= 11 is 0. The maximum atomic E-state index is 12.9. The first-order valence-electron chi connectivity index (χ1n) is 9.16. The molecule has 1 aliphatic heterocycles. The molecule has 2 N–H and O–H groups in total. The molecule has 0 fully saturated rings. The van der Waals surface area contributed by atoms with E-state index in [0.717, 1.165) is 5.56 Å². The lowest BCUT2D eigenvalue weighted by Gasteiger charge is -2.36. The second-order valence-electron chi connectivity index (χ2n) is 6.67. The van der Waals surface area contributed by atoms with Crippen LogP contribution in [0.15, 0.2) is 77.3 Å². The Labute approximate surface area is 174 Å². The fourth-order valence-corrected chi connectivity index (χ4v) is 3.55. The number of nitrogens with zero attached hydrogens (tertiary/aromatic N) is 2. The molecule has 1 heterocycles. The lowest BCUT2D eigenvalue weighted by molar-refractivity contribution is -0.139. The average molecular weight is 403 g/mol. The molecule has 7 heteroatoms. The Bertz CT molecular complexity index is 1100. The molecule has 0 radical (unpaired) electrons. The number of allylic oxidation sites excluding steroid dienone is 1. The van der Waals surface area contributed by atoms with E-state index in [-0.39, 0.29) is 22.7 Å². The van der Waals surface area contributed by atoms with Gasteiger partial charge in [-0.2, -0.15) is 5.26 Å². The van der Waals surface area contributed by atoms with Crippen molar-refractivity contribution in [2.24, 2.45) is 5.73 Å². The summed E-state index contributed by atoms with van der Waals surface area (Å²) < 4.78 is 9.99. The van der Waals surface area contributed by atoms with E-state index in [1.165, 1.54) is 19.1 Å². The number of hydrogen-bond donors (Lipinski definition) is 1. The number of anilines is 1. The molecule has 1 unspecified atom stereocenters. The third kappa shape index (κ3) is 3.51. The molecule has 0 aliphatic carbocycles. The number of carbonyl (C=O) groups is 2. The van der Waals surface area contributed by atoms with Crippen molar-refractivity contribution in [2.75, 3.05) is 19.1 Å². The molecule has 30 heavy (non-hydrogen) atoms. The van der Waals surface area contributed by atoms with E-state index in [1.807, 2.05) is 19.1 Å². The van der Waals surface area contributed by atoms with Crippen molar-refractivity contribution in [3.63, 3.8) is 0 Å². The number of rotatable bonds is 4. The van der Waals surface area contributed by atoms with Gasteiger partial charge in [-0.3, -0.25) is 4.90 Å². The topological polar surface area (TPSA) is 106 Å². The van der Waals surface area contributed by atoms with E-state index in [1.54, 1.807) is 42.5 Å². The van der Waals surface area contributed by atoms with Crippen LogP contribution >= 0.6 is 0 Å². The lowest BCUT2D eigenvalue weighted by atomic mass is 9.81. The highest BCUT2D eigenvalue weighted by Gasteiger charge is 2.42. The predicted octanol–water partition coefficient (Wildman–Crippen LogP) is 2.89. The van der Waals surface area contributed by atoms with Gasteiger partial charge < -0.3 is 15.2 Å². The van der Waals surface area contributed by atoms with Gasteiger partial charge >= 0.3 is 11.9 Å². The van der Waals surface area contributed by atoms with E-state index in [4.69, 9.17) is 15.2 Å². The van der Waals surface area contributed by atoms with Crippen molar-refractivity contribution in [3.05, 3.63) is 88.4 Å². The quantitative estimate of drug-likeness (QED) is 0.783. The van der Waals surface area contributed by atoms with E-state index >= 15 is 0 Å². The molecule has 1 atom stereocenters. The fraction of sp³-hybridized carbons (Fsp3) is 0.174. The van der Waals surface area contributed by atoms with Gasteiger partial charge in [0.2, 0.25) is 0 Å². The first-order valence-corrected chi connectivity index (χ1v) is 9.16. The Morgan fingerprint density at radius 1 is 1.03 bits per heavy atom. The normalized spacial score (nSPS) is 16.2. The summed E-state index contributed by atoms with van der Waals surface area (Å²) in [5.41, 5.74) is 8.52. The highest BCUT2D eigenvalue weighted by Crippen LogP contribution is 2.43. The van der Waals surface area contributed by atoms with Crippen LogP contribution in [-0.2, 0) is 19.1 Å². The van der Waals surface area contributed by atoms with Gasteiger partial charge in [0.15, 0.2) is 0 Å². The third-order valence-electron chi connectivity index (χ3n) is 4.87. The van der Waals surface area contributed by atoms with E-state index < -0.39 is 17.9 Å². The molecule has 0 spiro atoms. The van der Waals surface area contributed by atoms with Gasteiger partial charge in [0, 0.05) is 5.69 Å². The molecule has 1 aliphatic rings. The van der Waals surface area contributed by atoms with Gasteiger partial charge in [0.05, 0.1) is 37.4 Å². The molecule has 2 aromatic carbocycles. The van der Waals surface area contributed by atoms with Gasteiger partial charge in [-0.05, 0) is 30.2 Å². The Balaban J connectivity index is 2.41.